The number of alkyl carbamates (subject to hydrolysis) is 1. The van der Waals surface area contributed by atoms with Gasteiger partial charge in [-0.3, -0.25) is 0 Å². The number of ether oxygens (including phenoxy) is 2. The van der Waals surface area contributed by atoms with Crippen molar-refractivity contribution < 1.29 is 14.3 Å². The van der Waals surface area contributed by atoms with E-state index in [1.165, 1.54) is 6.33 Å². The van der Waals surface area contributed by atoms with Gasteiger partial charge < -0.3 is 25.8 Å². The van der Waals surface area contributed by atoms with Crippen molar-refractivity contribution in [2.45, 2.75) is 39.7 Å². The number of nitrogens with zero attached hydrogens (tertiary/aromatic N) is 2. The molecule has 0 bridgehead atoms. The lowest BCUT2D eigenvalue weighted by Gasteiger charge is -2.19. The number of aromatic nitrogens is 2. The Morgan fingerprint density at radius 2 is 2.05 bits per heavy atom. The van der Waals surface area contributed by atoms with E-state index in [9.17, 15) is 4.79 Å². The summed E-state index contributed by atoms with van der Waals surface area (Å²) < 4.78 is 10.5. The van der Waals surface area contributed by atoms with E-state index in [2.05, 4.69) is 20.6 Å². The fourth-order valence-corrected chi connectivity index (χ4v) is 1.49. The highest BCUT2D eigenvalue weighted by atomic mass is 16.6. The van der Waals surface area contributed by atoms with Gasteiger partial charge in [-0.2, -0.15) is 4.98 Å². The molecule has 0 saturated heterocycles. The van der Waals surface area contributed by atoms with Crippen LogP contribution >= 0.6 is 0 Å². The quantitative estimate of drug-likeness (QED) is 0.658. The van der Waals surface area contributed by atoms with Gasteiger partial charge in [0.15, 0.2) is 5.82 Å². The maximum atomic E-state index is 11.5. The Bertz CT molecular complexity index is 488. The molecule has 1 amide bonds. The Kier molecular flexibility index (Phi) is 6.68. The lowest BCUT2D eigenvalue weighted by molar-refractivity contribution is 0.0530. The average Bonchev–Trinajstić information content (AvgIpc) is 2.42. The molecule has 0 fully saturated rings. The van der Waals surface area contributed by atoms with Gasteiger partial charge in [0, 0.05) is 13.1 Å². The number of hydrogen-bond donors (Lipinski definition) is 3. The summed E-state index contributed by atoms with van der Waals surface area (Å²) in [6.45, 7) is 8.80. The first-order valence-corrected chi connectivity index (χ1v) is 7.27. The Morgan fingerprint density at radius 1 is 1.32 bits per heavy atom. The second kappa shape index (κ2) is 8.26. The number of carbonyl (C=O) groups is 1. The zero-order valence-corrected chi connectivity index (χ0v) is 13.6. The van der Waals surface area contributed by atoms with Crippen LogP contribution < -0.4 is 21.1 Å². The Morgan fingerprint density at radius 3 is 2.68 bits per heavy atom. The lowest BCUT2D eigenvalue weighted by Crippen LogP contribution is -2.35. The minimum Gasteiger partial charge on any atom is -0.476 e. The van der Waals surface area contributed by atoms with Crippen LogP contribution in [-0.4, -0.2) is 41.4 Å². The van der Waals surface area contributed by atoms with Gasteiger partial charge in [-0.25, -0.2) is 9.78 Å². The summed E-state index contributed by atoms with van der Waals surface area (Å²) in [5.74, 6) is 0.839. The molecule has 0 spiro atoms. The molecule has 0 aromatic carbocycles. The van der Waals surface area contributed by atoms with Crippen LogP contribution in [0.25, 0.3) is 0 Å². The van der Waals surface area contributed by atoms with E-state index < -0.39 is 11.7 Å². The van der Waals surface area contributed by atoms with E-state index in [1.54, 1.807) is 0 Å². The van der Waals surface area contributed by atoms with E-state index in [4.69, 9.17) is 15.2 Å². The summed E-state index contributed by atoms with van der Waals surface area (Å²) in [5.41, 5.74) is 5.77. The van der Waals surface area contributed by atoms with Crippen molar-refractivity contribution in [2.24, 2.45) is 0 Å². The van der Waals surface area contributed by atoms with Crippen molar-refractivity contribution in [3.05, 3.63) is 6.33 Å². The number of nitrogens with two attached hydrogens (primary N) is 1. The predicted molar refractivity (Wildman–Crippen MR) is 85.0 cm³/mol. The van der Waals surface area contributed by atoms with Crippen LogP contribution in [0.5, 0.6) is 5.88 Å². The molecule has 0 unspecified atom stereocenters. The number of hydrogen-bond acceptors (Lipinski definition) is 7. The zero-order valence-electron chi connectivity index (χ0n) is 13.6. The topological polar surface area (TPSA) is 111 Å². The second-order valence-electron chi connectivity index (χ2n) is 5.65. The molecule has 124 valence electrons. The van der Waals surface area contributed by atoms with Crippen molar-refractivity contribution in [1.82, 2.24) is 15.3 Å². The summed E-state index contributed by atoms with van der Waals surface area (Å²) in [6.07, 6.45) is 1.79. The van der Waals surface area contributed by atoms with Gasteiger partial charge in [-0.15, -0.1) is 0 Å². The third-order valence-corrected chi connectivity index (χ3v) is 2.38. The molecule has 0 radical (unpaired) electrons. The van der Waals surface area contributed by atoms with Crippen LogP contribution in [0.4, 0.5) is 16.3 Å². The summed E-state index contributed by atoms with van der Waals surface area (Å²) in [4.78, 5) is 19.5. The number of amides is 1. The maximum absolute atomic E-state index is 11.5. The van der Waals surface area contributed by atoms with Gasteiger partial charge in [0.25, 0.3) is 0 Å². The van der Waals surface area contributed by atoms with Crippen molar-refractivity contribution in [2.75, 3.05) is 30.7 Å². The number of anilines is 2. The van der Waals surface area contributed by atoms with Crippen molar-refractivity contribution in [1.29, 1.82) is 0 Å². The molecule has 1 heterocycles. The molecule has 1 aromatic rings. The van der Waals surface area contributed by atoms with Crippen molar-refractivity contribution in [3.63, 3.8) is 0 Å². The molecule has 1 aromatic heterocycles. The van der Waals surface area contributed by atoms with Gasteiger partial charge in [0.1, 0.15) is 17.6 Å². The van der Waals surface area contributed by atoms with Gasteiger partial charge >= 0.3 is 6.09 Å². The van der Waals surface area contributed by atoms with Gasteiger partial charge in [-0.05, 0) is 27.2 Å². The molecule has 8 nitrogen and oxygen atoms in total. The molecular weight excluding hydrogens is 286 g/mol. The number of nitrogen functional groups attached to an aromatic ring is 1. The van der Waals surface area contributed by atoms with Gasteiger partial charge in [0.05, 0.1) is 6.61 Å². The molecule has 0 atom stereocenters. The zero-order chi connectivity index (χ0) is 16.6. The predicted octanol–water partition coefficient (Wildman–Crippen LogP) is 1.78. The highest BCUT2D eigenvalue weighted by Gasteiger charge is 2.15. The first-order valence-electron chi connectivity index (χ1n) is 7.27. The van der Waals surface area contributed by atoms with Crippen LogP contribution in [0.3, 0.4) is 0 Å². The molecule has 0 aliphatic heterocycles. The maximum Gasteiger partial charge on any atom is 0.407 e. The molecule has 0 saturated carbocycles. The summed E-state index contributed by atoms with van der Waals surface area (Å²) in [7, 11) is 0. The monoisotopic (exact) mass is 311 g/mol. The summed E-state index contributed by atoms with van der Waals surface area (Å²) >= 11 is 0. The van der Waals surface area contributed by atoms with E-state index in [0.29, 0.717) is 37.1 Å². The number of rotatable bonds is 7. The normalized spacial score (nSPS) is 10.9. The van der Waals surface area contributed by atoms with Crippen molar-refractivity contribution >= 4 is 17.6 Å². The van der Waals surface area contributed by atoms with Gasteiger partial charge in [0.2, 0.25) is 5.88 Å². The standard InChI is InChI=1S/C14H25N5O3/c1-5-8-21-12-10(15)11(18-9-19-12)16-6-7-17-13(20)22-14(2,3)4/h9H,5-8,15H2,1-4H3,(H,17,20)(H,16,18,19). The first-order chi connectivity index (χ1) is 10.3. The molecule has 22 heavy (non-hydrogen) atoms. The van der Waals surface area contributed by atoms with E-state index >= 15 is 0 Å². The second-order valence-corrected chi connectivity index (χ2v) is 5.65. The van der Waals surface area contributed by atoms with Crippen molar-refractivity contribution in [3.8, 4) is 5.88 Å². The molecule has 4 N–H and O–H groups in total. The Labute approximate surface area is 130 Å². The van der Waals surface area contributed by atoms with Crippen LogP contribution in [0.2, 0.25) is 0 Å². The molecule has 8 heteroatoms. The van der Waals surface area contributed by atoms with Crippen LogP contribution in [0.1, 0.15) is 34.1 Å². The SMILES string of the molecule is CCCOc1ncnc(NCCNC(=O)OC(C)(C)C)c1N. The molecular formula is C14H25N5O3. The highest BCUT2D eigenvalue weighted by molar-refractivity contribution is 5.68. The molecule has 0 aliphatic rings. The lowest BCUT2D eigenvalue weighted by atomic mass is 10.2. The van der Waals surface area contributed by atoms with Gasteiger partial charge in [-0.1, -0.05) is 6.92 Å². The smallest absolute Gasteiger partial charge is 0.407 e. The number of nitrogens with one attached hydrogen (secondary N) is 2. The Hall–Kier alpha value is -2.25. The third-order valence-electron chi connectivity index (χ3n) is 2.38. The van der Waals surface area contributed by atoms with E-state index in [0.717, 1.165) is 6.42 Å². The molecule has 1 rings (SSSR count). The first kappa shape index (κ1) is 17.8. The third kappa shape index (κ3) is 6.47. The fraction of sp³-hybridized carbons (Fsp3) is 0.643. The Balaban J connectivity index is 2.40. The number of carbonyl (C=O) groups excluding carboxylic acids is 1. The minimum atomic E-state index is -0.514. The highest BCUT2D eigenvalue weighted by Crippen LogP contribution is 2.24. The minimum absolute atomic E-state index is 0.355. The summed E-state index contributed by atoms with van der Waals surface area (Å²) in [6, 6.07) is 0. The van der Waals surface area contributed by atoms with Crippen LogP contribution in [0, 0.1) is 0 Å². The van der Waals surface area contributed by atoms with E-state index in [1.807, 2.05) is 27.7 Å². The fourth-order valence-electron chi connectivity index (χ4n) is 1.49. The van der Waals surface area contributed by atoms with E-state index in [-0.39, 0.29) is 0 Å². The van der Waals surface area contributed by atoms with Crippen LogP contribution in [-0.2, 0) is 4.74 Å². The average molecular weight is 311 g/mol. The van der Waals surface area contributed by atoms with Crippen LogP contribution in [0.15, 0.2) is 6.33 Å². The largest absolute Gasteiger partial charge is 0.476 e. The summed E-state index contributed by atoms with van der Waals surface area (Å²) in [5, 5.41) is 5.66. The molecule has 0 aliphatic carbocycles.